The van der Waals surface area contributed by atoms with E-state index >= 15 is 0 Å². The molecule has 0 aromatic rings. The maximum Gasteiger partial charge on any atom is 0.0587 e. The summed E-state index contributed by atoms with van der Waals surface area (Å²) in [6.45, 7) is 5.81. The maximum atomic E-state index is 5.14. The average Bonchev–Trinajstić information content (AvgIpc) is 2.13. The minimum absolute atomic E-state index is 0.645. The number of methoxy groups -OCH3 is 2. The third-order valence-electron chi connectivity index (χ3n) is 2.02. The fraction of sp³-hybridized carbons (Fsp3) is 1.00. The number of hydrogen-bond donors (Lipinski definition) is 1. The molecule has 0 rings (SSSR count). The van der Waals surface area contributed by atoms with E-state index in [-0.39, 0.29) is 0 Å². The summed E-state index contributed by atoms with van der Waals surface area (Å²) in [5, 5.41) is 3.35. The van der Waals surface area contributed by atoms with Gasteiger partial charge in [0.1, 0.15) is 0 Å². The molecule has 0 aromatic carbocycles. The Hall–Kier alpha value is -0.120. The van der Waals surface area contributed by atoms with Gasteiger partial charge in [0.15, 0.2) is 0 Å². The van der Waals surface area contributed by atoms with E-state index in [1.54, 1.807) is 14.2 Å². The van der Waals surface area contributed by atoms with Gasteiger partial charge in [0.25, 0.3) is 0 Å². The summed E-state index contributed by atoms with van der Waals surface area (Å²) in [4.78, 5) is 0. The summed E-state index contributed by atoms with van der Waals surface area (Å²) in [6.07, 6.45) is 2.45. The van der Waals surface area contributed by atoms with Crippen molar-refractivity contribution in [2.24, 2.45) is 5.92 Å². The van der Waals surface area contributed by atoms with Crippen molar-refractivity contribution in [2.75, 3.05) is 40.5 Å². The van der Waals surface area contributed by atoms with Crippen molar-refractivity contribution in [1.82, 2.24) is 5.32 Å². The predicted molar refractivity (Wildman–Crippen MR) is 55.0 cm³/mol. The predicted octanol–water partition coefficient (Wildman–Crippen LogP) is 1.29. The third-order valence-corrected chi connectivity index (χ3v) is 2.02. The van der Waals surface area contributed by atoms with Gasteiger partial charge in [0.2, 0.25) is 0 Å². The highest BCUT2D eigenvalue weighted by Gasteiger charge is 2.05. The third kappa shape index (κ3) is 8.22. The van der Waals surface area contributed by atoms with E-state index in [1.807, 2.05) is 0 Å². The van der Waals surface area contributed by atoms with Crippen molar-refractivity contribution >= 4 is 0 Å². The summed E-state index contributed by atoms with van der Waals surface area (Å²) in [6, 6.07) is 0. The van der Waals surface area contributed by atoms with Crippen molar-refractivity contribution in [1.29, 1.82) is 0 Å². The Labute approximate surface area is 81.8 Å². The van der Waals surface area contributed by atoms with E-state index in [4.69, 9.17) is 9.47 Å². The second-order valence-corrected chi connectivity index (χ2v) is 3.31. The zero-order chi connectivity index (χ0) is 9.94. The van der Waals surface area contributed by atoms with Crippen LogP contribution >= 0.6 is 0 Å². The molecule has 3 nitrogen and oxygen atoms in total. The molecule has 0 aliphatic carbocycles. The van der Waals surface area contributed by atoms with Gasteiger partial charge in [0, 0.05) is 27.3 Å². The molecule has 0 saturated carbocycles. The Morgan fingerprint density at radius 2 is 2.00 bits per heavy atom. The topological polar surface area (TPSA) is 30.5 Å². The largest absolute Gasteiger partial charge is 0.384 e. The van der Waals surface area contributed by atoms with Crippen LogP contribution in [0.4, 0.5) is 0 Å². The molecule has 0 heterocycles. The molecule has 0 fully saturated rings. The Balaban J connectivity index is 3.33. The van der Waals surface area contributed by atoms with Crippen molar-refractivity contribution in [3.05, 3.63) is 0 Å². The van der Waals surface area contributed by atoms with E-state index in [2.05, 4.69) is 12.2 Å². The highest BCUT2D eigenvalue weighted by Crippen LogP contribution is 2.04. The first-order chi connectivity index (χ1) is 6.35. The molecule has 0 amide bonds. The summed E-state index contributed by atoms with van der Waals surface area (Å²) >= 11 is 0. The molecule has 1 atom stereocenters. The molecule has 3 heteroatoms. The Bertz CT molecular complexity index is 92.9. The number of nitrogens with one attached hydrogen (secondary N) is 1. The van der Waals surface area contributed by atoms with Crippen LogP contribution in [0.3, 0.4) is 0 Å². The van der Waals surface area contributed by atoms with E-state index in [1.165, 1.54) is 12.8 Å². The van der Waals surface area contributed by atoms with Crippen molar-refractivity contribution in [3.8, 4) is 0 Å². The van der Waals surface area contributed by atoms with Gasteiger partial charge in [0.05, 0.1) is 13.2 Å². The van der Waals surface area contributed by atoms with Crippen molar-refractivity contribution in [2.45, 2.75) is 19.8 Å². The first-order valence-corrected chi connectivity index (χ1v) is 5.03. The van der Waals surface area contributed by atoms with Crippen LogP contribution in [-0.2, 0) is 9.47 Å². The molecule has 0 radical (unpaired) electrons. The second kappa shape index (κ2) is 9.96. The van der Waals surface area contributed by atoms with Gasteiger partial charge >= 0.3 is 0 Å². The quantitative estimate of drug-likeness (QED) is 0.554. The van der Waals surface area contributed by atoms with Crippen LogP contribution in [0.1, 0.15) is 19.8 Å². The minimum Gasteiger partial charge on any atom is -0.384 e. The first kappa shape index (κ1) is 12.9. The molecule has 0 saturated heterocycles. The average molecular weight is 189 g/mol. The fourth-order valence-corrected chi connectivity index (χ4v) is 1.37. The van der Waals surface area contributed by atoms with Crippen LogP contribution < -0.4 is 5.32 Å². The van der Waals surface area contributed by atoms with Gasteiger partial charge in [-0.15, -0.1) is 0 Å². The van der Waals surface area contributed by atoms with Gasteiger partial charge in [-0.05, 0) is 12.3 Å². The van der Waals surface area contributed by atoms with Gasteiger partial charge in [-0.1, -0.05) is 13.3 Å². The summed E-state index contributed by atoms with van der Waals surface area (Å²) in [5.41, 5.74) is 0. The summed E-state index contributed by atoms with van der Waals surface area (Å²) in [7, 11) is 3.48. The molecule has 1 N–H and O–H groups in total. The van der Waals surface area contributed by atoms with E-state index < -0.39 is 0 Å². The lowest BCUT2D eigenvalue weighted by Gasteiger charge is -2.15. The van der Waals surface area contributed by atoms with Crippen LogP contribution in [0.5, 0.6) is 0 Å². The van der Waals surface area contributed by atoms with Crippen LogP contribution in [0, 0.1) is 5.92 Å². The lowest BCUT2D eigenvalue weighted by Crippen LogP contribution is -2.28. The standard InChI is InChI=1S/C10H23NO2/c1-4-5-10(9-13-3)8-11-6-7-12-2/h10-11H,4-9H2,1-3H3. The van der Waals surface area contributed by atoms with Crippen LogP contribution in [0.25, 0.3) is 0 Å². The Morgan fingerprint density at radius 1 is 1.23 bits per heavy atom. The van der Waals surface area contributed by atoms with Gasteiger partial charge in [-0.25, -0.2) is 0 Å². The van der Waals surface area contributed by atoms with Gasteiger partial charge in [-0.2, -0.15) is 0 Å². The molecule has 0 spiro atoms. The monoisotopic (exact) mass is 189 g/mol. The molecule has 0 bridgehead atoms. The summed E-state index contributed by atoms with van der Waals surface area (Å²) < 4.78 is 10.1. The molecular formula is C10H23NO2. The maximum absolute atomic E-state index is 5.14. The molecule has 1 unspecified atom stereocenters. The highest BCUT2D eigenvalue weighted by atomic mass is 16.5. The Morgan fingerprint density at radius 3 is 2.54 bits per heavy atom. The highest BCUT2D eigenvalue weighted by molar-refractivity contribution is 4.60. The molecule has 0 aliphatic heterocycles. The lowest BCUT2D eigenvalue weighted by molar-refractivity contribution is 0.142. The smallest absolute Gasteiger partial charge is 0.0587 e. The van der Waals surface area contributed by atoms with E-state index in [9.17, 15) is 0 Å². The van der Waals surface area contributed by atoms with Crippen molar-refractivity contribution in [3.63, 3.8) is 0 Å². The number of rotatable bonds is 9. The van der Waals surface area contributed by atoms with Crippen LogP contribution in [-0.4, -0.2) is 40.5 Å². The molecule has 0 aromatic heterocycles. The number of ether oxygens (including phenoxy) is 2. The van der Waals surface area contributed by atoms with Gasteiger partial charge in [-0.3, -0.25) is 0 Å². The normalized spacial score (nSPS) is 13.2. The Kier molecular flexibility index (Phi) is 9.87. The molecule has 13 heavy (non-hydrogen) atoms. The second-order valence-electron chi connectivity index (χ2n) is 3.31. The SMILES string of the molecule is CCCC(CNCCOC)COC. The zero-order valence-electron chi connectivity index (χ0n) is 9.14. The zero-order valence-corrected chi connectivity index (χ0v) is 9.14. The lowest BCUT2D eigenvalue weighted by atomic mass is 10.1. The van der Waals surface area contributed by atoms with E-state index in [0.717, 1.165) is 26.3 Å². The summed E-state index contributed by atoms with van der Waals surface area (Å²) in [5.74, 6) is 0.645. The van der Waals surface area contributed by atoms with Crippen LogP contribution in [0.15, 0.2) is 0 Å². The molecular weight excluding hydrogens is 166 g/mol. The minimum atomic E-state index is 0.645. The van der Waals surface area contributed by atoms with Gasteiger partial charge < -0.3 is 14.8 Å². The first-order valence-electron chi connectivity index (χ1n) is 5.03. The molecule has 0 aliphatic rings. The van der Waals surface area contributed by atoms with E-state index in [0.29, 0.717) is 5.92 Å². The fourth-order valence-electron chi connectivity index (χ4n) is 1.37. The molecule has 80 valence electrons. The van der Waals surface area contributed by atoms with Crippen LogP contribution in [0.2, 0.25) is 0 Å². The van der Waals surface area contributed by atoms with Crippen molar-refractivity contribution < 1.29 is 9.47 Å². The number of hydrogen-bond acceptors (Lipinski definition) is 3.